The van der Waals surface area contributed by atoms with Gasteiger partial charge in [-0.2, -0.15) is 0 Å². The second-order valence-electron chi connectivity index (χ2n) is 3.27. The zero-order valence-corrected chi connectivity index (χ0v) is 8.73. The van der Waals surface area contributed by atoms with Gasteiger partial charge in [0, 0.05) is 26.8 Å². The average molecular weight is 202 g/mol. The van der Waals surface area contributed by atoms with Crippen LogP contribution in [0, 0.1) is 0 Å². The van der Waals surface area contributed by atoms with Crippen LogP contribution in [0.15, 0.2) is 0 Å². The average Bonchev–Trinajstić information content (AvgIpc) is 2.60. The SMILES string of the molecule is CCO[C@@H]1CN(C(=O)CN)C[C@H]1OC. The Hall–Kier alpha value is -0.650. The molecule has 2 N–H and O–H groups in total. The quantitative estimate of drug-likeness (QED) is 0.648. The monoisotopic (exact) mass is 202 g/mol. The number of hydrogen-bond donors (Lipinski definition) is 1. The van der Waals surface area contributed by atoms with Crippen molar-refractivity contribution in [1.82, 2.24) is 4.90 Å². The van der Waals surface area contributed by atoms with E-state index in [9.17, 15) is 4.79 Å². The van der Waals surface area contributed by atoms with E-state index in [0.717, 1.165) is 0 Å². The van der Waals surface area contributed by atoms with Gasteiger partial charge in [-0.25, -0.2) is 0 Å². The smallest absolute Gasteiger partial charge is 0.236 e. The van der Waals surface area contributed by atoms with Crippen LogP contribution in [0.1, 0.15) is 6.92 Å². The molecule has 0 aromatic rings. The van der Waals surface area contributed by atoms with Crippen LogP contribution in [0.4, 0.5) is 0 Å². The molecule has 1 fully saturated rings. The Bertz CT molecular complexity index is 198. The Labute approximate surface area is 84.1 Å². The van der Waals surface area contributed by atoms with Gasteiger partial charge in [0.1, 0.15) is 12.2 Å². The highest BCUT2D eigenvalue weighted by Gasteiger charge is 2.35. The predicted octanol–water partition coefficient (Wildman–Crippen LogP) is -0.793. The lowest BCUT2D eigenvalue weighted by atomic mass is 10.2. The van der Waals surface area contributed by atoms with E-state index in [1.807, 2.05) is 6.92 Å². The van der Waals surface area contributed by atoms with Crippen LogP contribution in [-0.4, -0.2) is 56.4 Å². The number of nitrogens with two attached hydrogens (primary N) is 1. The molecule has 0 aromatic heterocycles. The molecule has 14 heavy (non-hydrogen) atoms. The largest absolute Gasteiger partial charge is 0.377 e. The molecular formula is C9H18N2O3. The first-order valence-electron chi connectivity index (χ1n) is 4.85. The van der Waals surface area contributed by atoms with Crippen molar-refractivity contribution in [1.29, 1.82) is 0 Å². The summed E-state index contributed by atoms with van der Waals surface area (Å²) < 4.78 is 10.7. The molecule has 0 aromatic carbocycles. The minimum absolute atomic E-state index is 0.0134. The maximum Gasteiger partial charge on any atom is 0.236 e. The fraction of sp³-hybridized carbons (Fsp3) is 0.889. The fourth-order valence-electron chi connectivity index (χ4n) is 1.68. The summed E-state index contributed by atoms with van der Waals surface area (Å²) in [6.45, 7) is 3.78. The van der Waals surface area contributed by atoms with E-state index < -0.39 is 0 Å². The highest BCUT2D eigenvalue weighted by atomic mass is 16.5. The summed E-state index contributed by atoms with van der Waals surface area (Å²) in [5.74, 6) is -0.0470. The van der Waals surface area contributed by atoms with Crippen molar-refractivity contribution in [2.45, 2.75) is 19.1 Å². The van der Waals surface area contributed by atoms with Crippen molar-refractivity contribution in [3.63, 3.8) is 0 Å². The van der Waals surface area contributed by atoms with Crippen molar-refractivity contribution < 1.29 is 14.3 Å². The van der Waals surface area contributed by atoms with Gasteiger partial charge in [0.25, 0.3) is 0 Å². The molecule has 0 aliphatic carbocycles. The van der Waals surface area contributed by atoms with Crippen molar-refractivity contribution >= 4 is 5.91 Å². The Morgan fingerprint density at radius 1 is 1.50 bits per heavy atom. The van der Waals surface area contributed by atoms with E-state index in [4.69, 9.17) is 15.2 Å². The molecular weight excluding hydrogens is 184 g/mol. The second-order valence-corrected chi connectivity index (χ2v) is 3.27. The Morgan fingerprint density at radius 2 is 2.14 bits per heavy atom. The van der Waals surface area contributed by atoms with Crippen LogP contribution in [0.5, 0.6) is 0 Å². The number of methoxy groups -OCH3 is 1. The first-order valence-corrected chi connectivity index (χ1v) is 4.85. The normalized spacial score (nSPS) is 26.9. The molecule has 0 spiro atoms. The van der Waals surface area contributed by atoms with Crippen LogP contribution >= 0.6 is 0 Å². The molecule has 0 saturated carbocycles. The Morgan fingerprint density at radius 3 is 2.64 bits per heavy atom. The lowest BCUT2D eigenvalue weighted by Gasteiger charge is -2.15. The van der Waals surface area contributed by atoms with Crippen LogP contribution in [0.25, 0.3) is 0 Å². The Balaban J connectivity index is 2.51. The molecule has 1 aliphatic heterocycles. The third kappa shape index (κ3) is 2.43. The summed E-state index contributed by atoms with van der Waals surface area (Å²) in [4.78, 5) is 13.0. The summed E-state index contributed by atoms with van der Waals surface area (Å²) in [5, 5.41) is 0. The lowest BCUT2D eigenvalue weighted by molar-refractivity contribution is -0.129. The van der Waals surface area contributed by atoms with Crippen LogP contribution in [-0.2, 0) is 14.3 Å². The number of carbonyl (C=O) groups excluding carboxylic acids is 1. The van der Waals surface area contributed by atoms with Gasteiger partial charge < -0.3 is 20.1 Å². The van der Waals surface area contributed by atoms with E-state index in [1.165, 1.54) is 0 Å². The molecule has 1 rings (SSSR count). The third-order valence-corrected chi connectivity index (χ3v) is 2.43. The number of likely N-dealkylation sites (tertiary alicyclic amines) is 1. The van der Waals surface area contributed by atoms with Gasteiger partial charge >= 0.3 is 0 Å². The second kappa shape index (κ2) is 5.29. The minimum atomic E-state index is -0.0470. The summed E-state index contributed by atoms with van der Waals surface area (Å²) in [7, 11) is 1.63. The predicted molar refractivity (Wildman–Crippen MR) is 51.8 cm³/mol. The zero-order valence-electron chi connectivity index (χ0n) is 8.73. The number of amides is 1. The number of rotatable bonds is 4. The van der Waals surface area contributed by atoms with Gasteiger partial charge in [-0.3, -0.25) is 4.79 Å². The molecule has 0 unspecified atom stereocenters. The van der Waals surface area contributed by atoms with Crippen LogP contribution in [0.2, 0.25) is 0 Å². The van der Waals surface area contributed by atoms with Gasteiger partial charge in [-0.1, -0.05) is 0 Å². The van der Waals surface area contributed by atoms with E-state index in [0.29, 0.717) is 19.7 Å². The minimum Gasteiger partial charge on any atom is -0.377 e. The molecule has 5 nitrogen and oxygen atoms in total. The molecule has 1 saturated heterocycles. The summed E-state index contributed by atoms with van der Waals surface area (Å²) in [5.41, 5.74) is 5.29. The first kappa shape index (κ1) is 11.4. The molecule has 1 aliphatic rings. The highest BCUT2D eigenvalue weighted by molar-refractivity contribution is 5.78. The maximum atomic E-state index is 11.3. The van der Waals surface area contributed by atoms with E-state index >= 15 is 0 Å². The van der Waals surface area contributed by atoms with Crippen molar-refractivity contribution in [2.24, 2.45) is 5.73 Å². The zero-order chi connectivity index (χ0) is 10.6. The van der Waals surface area contributed by atoms with Gasteiger partial charge in [-0.15, -0.1) is 0 Å². The van der Waals surface area contributed by atoms with Gasteiger partial charge in [0.15, 0.2) is 0 Å². The van der Waals surface area contributed by atoms with E-state index in [-0.39, 0.29) is 24.7 Å². The van der Waals surface area contributed by atoms with E-state index in [2.05, 4.69) is 0 Å². The van der Waals surface area contributed by atoms with Gasteiger partial charge in [0.2, 0.25) is 5.91 Å². The molecule has 82 valence electrons. The van der Waals surface area contributed by atoms with Crippen LogP contribution in [0.3, 0.4) is 0 Å². The van der Waals surface area contributed by atoms with Crippen LogP contribution < -0.4 is 5.73 Å². The standard InChI is InChI=1S/C9H18N2O3/c1-3-14-8-6-11(9(12)4-10)5-7(8)13-2/h7-8H,3-6,10H2,1-2H3/t7-,8-/m1/s1. The van der Waals surface area contributed by atoms with Gasteiger partial charge in [0.05, 0.1) is 6.54 Å². The lowest BCUT2D eigenvalue weighted by Crippen LogP contribution is -2.35. The molecule has 1 heterocycles. The molecule has 0 bridgehead atoms. The third-order valence-electron chi connectivity index (χ3n) is 2.43. The van der Waals surface area contributed by atoms with Gasteiger partial charge in [-0.05, 0) is 6.92 Å². The topological polar surface area (TPSA) is 64.8 Å². The number of nitrogens with zero attached hydrogens (tertiary/aromatic N) is 1. The number of hydrogen-bond acceptors (Lipinski definition) is 4. The van der Waals surface area contributed by atoms with Crippen molar-refractivity contribution in [3.8, 4) is 0 Å². The summed E-state index contributed by atoms with van der Waals surface area (Å²) in [6, 6.07) is 0. The fourth-order valence-corrected chi connectivity index (χ4v) is 1.68. The molecule has 1 amide bonds. The summed E-state index contributed by atoms with van der Waals surface area (Å²) in [6.07, 6.45) is -0.0362. The Kier molecular flexibility index (Phi) is 4.31. The van der Waals surface area contributed by atoms with E-state index in [1.54, 1.807) is 12.0 Å². The first-order chi connectivity index (χ1) is 6.72. The number of ether oxygens (including phenoxy) is 2. The highest BCUT2D eigenvalue weighted by Crippen LogP contribution is 2.15. The maximum absolute atomic E-state index is 11.3. The molecule has 0 radical (unpaired) electrons. The number of carbonyl (C=O) groups is 1. The molecule has 5 heteroatoms. The van der Waals surface area contributed by atoms with Crippen molar-refractivity contribution in [2.75, 3.05) is 33.4 Å². The summed E-state index contributed by atoms with van der Waals surface area (Å²) >= 11 is 0. The molecule has 2 atom stereocenters. The van der Waals surface area contributed by atoms with Crippen molar-refractivity contribution in [3.05, 3.63) is 0 Å².